The van der Waals surface area contributed by atoms with Crippen molar-refractivity contribution in [1.82, 2.24) is 9.78 Å². The summed E-state index contributed by atoms with van der Waals surface area (Å²) in [5.41, 5.74) is 3.79. The van der Waals surface area contributed by atoms with Crippen LogP contribution in [-0.2, 0) is 0 Å². The van der Waals surface area contributed by atoms with E-state index in [2.05, 4.69) is 29.4 Å². The van der Waals surface area contributed by atoms with E-state index in [9.17, 15) is 0 Å². The smallest absolute Gasteiger partial charge is 0.119 e. The van der Waals surface area contributed by atoms with Crippen molar-refractivity contribution in [2.75, 3.05) is 7.11 Å². The topological polar surface area (TPSA) is 27.1 Å². The molecule has 0 N–H and O–H groups in total. The molecule has 0 saturated heterocycles. The van der Waals surface area contributed by atoms with Crippen LogP contribution in [0.5, 0.6) is 5.75 Å². The van der Waals surface area contributed by atoms with E-state index < -0.39 is 0 Å². The van der Waals surface area contributed by atoms with E-state index in [1.54, 1.807) is 13.2 Å². The van der Waals surface area contributed by atoms with Gasteiger partial charge in [-0.2, -0.15) is 5.10 Å². The van der Waals surface area contributed by atoms with Crippen LogP contribution in [-0.4, -0.2) is 16.9 Å². The van der Waals surface area contributed by atoms with Gasteiger partial charge in [0.2, 0.25) is 0 Å². The summed E-state index contributed by atoms with van der Waals surface area (Å²) in [6.07, 6.45) is 0. The van der Waals surface area contributed by atoms with E-state index in [4.69, 9.17) is 27.9 Å². The van der Waals surface area contributed by atoms with Crippen LogP contribution in [0, 0.1) is 6.54 Å². The van der Waals surface area contributed by atoms with E-state index in [0.717, 1.165) is 39.0 Å². The summed E-state index contributed by atoms with van der Waals surface area (Å²) < 4.78 is 7.17. The average molecular weight is 396 g/mol. The van der Waals surface area contributed by atoms with Crippen LogP contribution >= 0.6 is 23.2 Å². The van der Waals surface area contributed by atoms with Gasteiger partial charge in [-0.25, -0.2) is 0 Å². The van der Waals surface area contributed by atoms with Gasteiger partial charge in [0.05, 0.1) is 25.0 Å². The van der Waals surface area contributed by atoms with E-state index >= 15 is 0 Å². The number of fused-ring (bicyclic) bond motifs is 1. The number of benzene rings is 3. The molecule has 0 aliphatic carbocycles. The van der Waals surface area contributed by atoms with Crippen LogP contribution in [0.1, 0.15) is 6.92 Å². The number of aromatic nitrogens is 2. The molecule has 0 saturated carbocycles. The summed E-state index contributed by atoms with van der Waals surface area (Å²) in [6.45, 7) is 3.89. The number of rotatable bonds is 4. The molecule has 5 heteroatoms. The number of hydrogen-bond acceptors (Lipinski definition) is 2. The summed E-state index contributed by atoms with van der Waals surface area (Å²) >= 11 is 12.3. The lowest BCUT2D eigenvalue weighted by Crippen LogP contribution is -1.97. The van der Waals surface area contributed by atoms with Crippen molar-refractivity contribution in [3.8, 4) is 28.3 Å². The molecule has 1 aromatic heterocycles. The molecule has 0 spiro atoms. The summed E-state index contributed by atoms with van der Waals surface area (Å²) in [4.78, 5) is 0. The first kappa shape index (κ1) is 17.9. The van der Waals surface area contributed by atoms with Gasteiger partial charge in [0, 0.05) is 21.2 Å². The number of halogens is 2. The minimum absolute atomic E-state index is 0.591. The molecule has 3 aromatic carbocycles. The number of hydrogen-bond donors (Lipinski definition) is 0. The Morgan fingerprint density at radius 3 is 2.26 bits per heavy atom. The third kappa shape index (κ3) is 3.53. The molecule has 0 bridgehead atoms. The third-order valence-electron chi connectivity index (χ3n) is 4.48. The Morgan fingerprint density at radius 2 is 1.56 bits per heavy atom. The van der Waals surface area contributed by atoms with Crippen molar-refractivity contribution < 1.29 is 4.74 Å². The number of ether oxygens (including phenoxy) is 1. The van der Waals surface area contributed by atoms with Gasteiger partial charge in [-0.1, -0.05) is 41.4 Å². The Labute approximate surface area is 168 Å². The van der Waals surface area contributed by atoms with Crippen molar-refractivity contribution in [3.05, 3.63) is 77.3 Å². The van der Waals surface area contributed by atoms with Crippen molar-refractivity contribution in [3.63, 3.8) is 0 Å². The van der Waals surface area contributed by atoms with E-state index in [1.807, 2.05) is 48.5 Å². The predicted octanol–water partition coefficient (Wildman–Crippen LogP) is 6.72. The molecule has 27 heavy (non-hydrogen) atoms. The predicted molar refractivity (Wildman–Crippen MR) is 113 cm³/mol. The van der Waals surface area contributed by atoms with Crippen LogP contribution in [0.3, 0.4) is 0 Å². The first-order chi connectivity index (χ1) is 13.1. The molecule has 4 aromatic rings. The zero-order valence-electron chi connectivity index (χ0n) is 14.9. The highest BCUT2D eigenvalue weighted by Gasteiger charge is 2.12. The molecule has 0 unspecified atom stereocenters. The maximum absolute atomic E-state index is 6.15. The van der Waals surface area contributed by atoms with Crippen molar-refractivity contribution in [1.29, 1.82) is 0 Å². The first-order valence-electron chi connectivity index (χ1n) is 8.51. The monoisotopic (exact) mass is 395 g/mol. The molecule has 135 valence electrons. The molecule has 0 aliphatic rings. The van der Waals surface area contributed by atoms with Crippen LogP contribution in [0.25, 0.3) is 33.3 Å². The summed E-state index contributed by atoms with van der Waals surface area (Å²) in [6, 6.07) is 19.9. The van der Waals surface area contributed by atoms with Crippen molar-refractivity contribution in [2.45, 2.75) is 6.92 Å². The molecule has 1 heterocycles. The fourth-order valence-corrected chi connectivity index (χ4v) is 3.69. The Morgan fingerprint density at radius 1 is 0.852 bits per heavy atom. The first-order valence-corrected chi connectivity index (χ1v) is 9.26. The van der Waals surface area contributed by atoms with Gasteiger partial charge in [0.15, 0.2) is 0 Å². The Kier molecular flexibility index (Phi) is 4.81. The fourth-order valence-electron chi connectivity index (χ4n) is 3.16. The maximum Gasteiger partial charge on any atom is 0.119 e. The Bertz CT molecular complexity index is 1110. The molecule has 3 nitrogen and oxygen atoms in total. The van der Waals surface area contributed by atoms with E-state index in [-0.39, 0.29) is 0 Å². The van der Waals surface area contributed by atoms with Gasteiger partial charge >= 0.3 is 0 Å². The molecular formula is C22H17Cl2N2O. The van der Waals surface area contributed by atoms with Crippen LogP contribution in [0.4, 0.5) is 0 Å². The largest absolute Gasteiger partial charge is 0.497 e. The van der Waals surface area contributed by atoms with Gasteiger partial charge in [-0.3, -0.25) is 4.68 Å². The summed E-state index contributed by atoms with van der Waals surface area (Å²) in [5, 5.41) is 8.15. The highest BCUT2D eigenvalue weighted by atomic mass is 35.5. The van der Waals surface area contributed by atoms with Crippen LogP contribution in [0.15, 0.2) is 60.7 Å². The summed E-state index contributed by atoms with van der Waals surface area (Å²) in [7, 11) is 1.68. The molecule has 0 fully saturated rings. The SMILES string of the molecule is C[CH]n1nc(-c2cc(Cl)cc(Cl)c2)cc1-c1ccc2cc(OC)ccc2c1. The van der Waals surface area contributed by atoms with Crippen molar-refractivity contribution >= 4 is 34.0 Å². The summed E-state index contributed by atoms with van der Waals surface area (Å²) in [5.74, 6) is 0.849. The van der Waals surface area contributed by atoms with Gasteiger partial charge in [0.1, 0.15) is 5.75 Å². The van der Waals surface area contributed by atoms with Gasteiger partial charge < -0.3 is 4.74 Å². The molecule has 0 atom stereocenters. The second kappa shape index (κ2) is 7.26. The lowest BCUT2D eigenvalue weighted by Gasteiger charge is -2.07. The van der Waals surface area contributed by atoms with Crippen LogP contribution < -0.4 is 4.74 Å². The van der Waals surface area contributed by atoms with E-state index in [1.165, 1.54) is 0 Å². The molecule has 1 radical (unpaired) electrons. The highest BCUT2D eigenvalue weighted by Crippen LogP contribution is 2.32. The lowest BCUT2D eigenvalue weighted by molar-refractivity contribution is 0.415. The maximum atomic E-state index is 6.15. The van der Waals surface area contributed by atoms with Crippen molar-refractivity contribution in [2.24, 2.45) is 0 Å². The average Bonchev–Trinajstić information content (AvgIpc) is 3.11. The second-order valence-electron chi connectivity index (χ2n) is 6.20. The molecule has 4 rings (SSSR count). The van der Waals surface area contributed by atoms with Gasteiger partial charge in [0.25, 0.3) is 0 Å². The molecular weight excluding hydrogens is 379 g/mol. The third-order valence-corrected chi connectivity index (χ3v) is 4.92. The Balaban J connectivity index is 1.81. The second-order valence-corrected chi connectivity index (χ2v) is 7.08. The zero-order valence-corrected chi connectivity index (χ0v) is 16.4. The Hall–Kier alpha value is -2.49. The quantitative estimate of drug-likeness (QED) is 0.383. The van der Waals surface area contributed by atoms with E-state index in [0.29, 0.717) is 10.0 Å². The zero-order chi connectivity index (χ0) is 19.0. The molecule has 0 amide bonds. The van der Waals surface area contributed by atoms with Gasteiger partial charge in [-0.05, 0) is 60.2 Å². The number of methoxy groups -OCH3 is 1. The number of nitrogens with zero attached hydrogens (tertiary/aromatic N) is 2. The van der Waals surface area contributed by atoms with Crippen LogP contribution in [0.2, 0.25) is 10.0 Å². The standard InChI is InChI=1S/C22H17Cl2N2O/c1-3-26-22(13-21(25-26)17-9-18(23)12-19(24)10-17)16-5-4-15-11-20(27-2)7-6-14(15)8-16/h3-13H,1-2H3. The minimum atomic E-state index is 0.591. The normalized spacial score (nSPS) is 11.1. The highest BCUT2D eigenvalue weighted by molar-refractivity contribution is 6.35. The lowest BCUT2D eigenvalue weighted by atomic mass is 10.0. The molecule has 0 aliphatic heterocycles. The fraction of sp³-hybridized carbons (Fsp3) is 0.0909. The van der Waals surface area contributed by atoms with Gasteiger partial charge in [-0.15, -0.1) is 0 Å². The minimum Gasteiger partial charge on any atom is -0.497 e.